The van der Waals surface area contributed by atoms with Gasteiger partial charge in [-0.05, 0) is 25.1 Å². The van der Waals surface area contributed by atoms with Gasteiger partial charge in [-0.15, -0.1) is 5.10 Å². The van der Waals surface area contributed by atoms with Gasteiger partial charge < -0.3 is 4.74 Å². The number of hydrogen-bond acceptors (Lipinski definition) is 5. The number of hydrogen-bond donors (Lipinski definition) is 1. The van der Waals surface area contributed by atoms with Gasteiger partial charge >= 0.3 is 0 Å². The van der Waals surface area contributed by atoms with Crippen molar-refractivity contribution in [3.63, 3.8) is 0 Å². The van der Waals surface area contributed by atoms with E-state index in [0.717, 1.165) is 5.69 Å². The molecule has 106 valence electrons. The Bertz CT molecular complexity index is 812. The Morgan fingerprint density at radius 1 is 1.29 bits per heavy atom. The Morgan fingerprint density at radius 2 is 2.10 bits per heavy atom. The SMILES string of the molecule is COc1ccccc1C(=O)Nc1nc2nccc(C)n2n1. The molecule has 0 radical (unpaired) electrons. The van der Waals surface area contributed by atoms with Crippen LogP contribution in [0.25, 0.3) is 5.78 Å². The summed E-state index contributed by atoms with van der Waals surface area (Å²) in [5, 5.41) is 6.85. The average molecular weight is 283 g/mol. The second-order valence-corrected chi connectivity index (χ2v) is 4.39. The number of fused-ring (bicyclic) bond motifs is 1. The molecule has 1 N–H and O–H groups in total. The second kappa shape index (κ2) is 5.20. The fourth-order valence-electron chi connectivity index (χ4n) is 1.96. The zero-order valence-electron chi connectivity index (χ0n) is 11.6. The first-order valence-electron chi connectivity index (χ1n) is 6.32. The average Bonchev–Trinajstić information content (AvgIpc) is 2.91. The molecule has 3 aromatic rings. The topological polar surface area (TPSA) is 81.4 Å². The maximum atomic E-state index is 12.3. The molecule has 7 heteroatoms. The van der Waals surface area contributed by atoms with Crippen molar-refractivity contribution in [1.29, 1.82) is 0 Å². The highest BCUT2D eigenvalue weighted by Gasteiger charge is 2.14. The van der Waals surface area contributed by atoms with Gasteiger partial charge in [-0.3, -0.25) is 10.1 Å². The number of para-hydroxylation sites is 1. The number of benzene rings is 1. The molecule has 0 aliphatic heterocycles. The van der Waals surface area contributed by atoms with E-state index in [4.69, 9.17) is 4.74 Å². The third-order valence-electron chi connectivity index (χ3n) is 3.01. The second-order valence-electron chi connectivity index (χ2n) is 4.39. The minimum atomic E-state index is -0.332. The summed E-state index contributed by atoms with van der Waals surface area (Å²) >= 11 is 0. The fourth-order valence-corrected chi connectivity index (χ4v) is 1.96. The van der Waals surface area contributed by atoms with Crippen LogP contribution in [0.5, 0.6) is 5.75 Å². The first-order valence-corrected chi connectivity index (χ1v) is 6.32. The standard InChI is InChI=1S/C14H13N5O2/c1-9-7-8-15-14-17-13(18-19(9)14)16-12(20)10-5-3-4-6-11(10)21-2/h3-8H,1-2H3,(H,16,18,20). The molecule has 0 bridgehead atoms. The molecule has 21 heavy (non-hydrogen) atoms. The summed E-state index contributed by atoms with van der Waals surface area (Å²) in [7, 11) is 1.52. The van der Waals surface area contributed by atoms with Gasteiger partial charge in [-0.2, -0.15) is 9.50 Å². The summed E-state index contributed by atoms with van der Waals surface area (Å²) in [5.74, 6) is 0.798. The maximum absolute atomic E-state index is 12.3. The molecule has 0 saturated carbocycles. The number of carbonyl (C=O) groups is 1. The Balaban J connectivity index is 1.91. The van der Waals surface area contributed by atoms with E-state index in [9.17, 15) is 4.79 Å². The molecule has 0 spiro atoms. The number of aromatic nitrogens is 4. The van der Waals surface area contributed by atoms with Crippen LogP contribution in [0.4, 0.5) is 5.95 Å². The van der Waals surface area contributed by atoms with Crippen LogP contribution in [0, 0.1) is 6.92 Å². The van der Waals surface area contributed by atoms with Crippen LogP contribution in [-0.2, 0) is 0 Å². The Morgan fingerprint density at radius 3 is 2.86 bits per heavy atom. The van der Waals surface area contributed by atoms with Gasteiger partial charge in [-0.25, -0.2) is 4.98 Å². The van der Waals surface area contributed by atoms with Crippen LogP contribution in [0.3, 0.4) is 0 Å². The van der Waals surface area contributed by atoms with Gasteiger partial charge in [0.05, 0.1) is 12.7 Å². The zero-order valence-corrected chi connectivity index (χ0v) is 11.6. The number of amides is 1. The molecule has 0 unspecified atom stereocenters. The molecule has 0 atom stereocenters. The summed E-state index contributed by atoms with van der Waals surface area (Å²) < 4.78 is 6.73. The molecule has 0 aliphatic carbocycles. The van der Waals surface area contributed by atoms with Crippen LogP contribution >= 0.6 is 0 Å². The summed E-state index contributed by atoms with van der Waals surface area (Å²) in [6, 6.07) is 8.77. The largest absolute Gasteiger partial charge is 0.496 e. The summed E-state index contributed by atoms with van der Waals surface area (Å²) in [5.41, 5.74) is 1.30. The number of nitrogens with zero attached hydrogens (tertiary/aromatic N) is 4. The first kappa shape index (κ1) is 13.0. The van der Waals surface area contributed by atoms with E-state index in [-0.39, 0.29) is 11.9 Å². The molecule has 3 rings (SSSR count). The predicted octanol–water partition coefficient (Wildman–Crippen LogP) is 1.69. The maximum Gasteiger partial charge on any atom is 0.261 e. The van der Waals surface area contributed by atoms with Crippen molar-refractivity contribution in [3.05, 3.63) is 47.8 Å². The number of methoxy groups -OCH3 is 1. The number of rotatable bonds is 3. The van der Waals surface area contributed by atoms with Gasteiger partial charge in [0.2, 0.25) is 0 Å². The highest BCUT2D eigenvalue weighted by atomic mass is 16.5. The molecule has 2 aromatic heterocycles. The van der Waals surface area contributed by atoms with E-state index in [1.807, 2.05) is 13.0 Å². The van der Waals surface area contributed by atoms with Gasteiger partial charge in [0, 0.05) is 11.9 Å². The lowest BCUT2D eigenvalue weighted by Crippen LogP contribution is -2.14. The molecule has 2 heterocycles. The van der Waals surface area contributed by atoms with E-state index in [1.54, 1.807) is 35.0 Å². The lowest BCUT2D eigenvalue weighted by molar-refractivity contribution is 0.102. The molecule has 1 amide bonds. The number of aryl methyl sites for hydroxylation is 1. The summed E-state index contributed by atoms with van der Waals surface area (Å²) in [6.07, 6.45) is 1.64. The summed E-state index contributed by atoms with van der Waals surface area (Å²) in [4.78, 5) is 20.5. The van der Waals surface area contributed by atoms with Gasteiger partial charge in [-0.1, -0.05) is 12.1 Å². The lowest BCUT2D eigenvalue weighted by atomic mass is 10.2. The molecule has 0 fully saturated rings. The molecule has 0 saturated heterocycles. The predicted molar refractivity (Wildman–Crippen MR) is 76.5 cm³/mol. The minimum absolute atomic E-state index is 0.202. The Kier molecular flexibility index (Phi) is 3.23. The van der Waals surface area contributed by atoms with Crippen LogP contribution in [-0.4, -0.2) is 32.6 Å². The van der Waals surface area contributed by atoms with Crippen molar-refractivity contribution in [1.82, 2.24) is 19.6 Å². The van der Waals surface area contributed by atoms with E-state index < -0.39 is 0 Å². The number of ether oxygens (including phenoxy) is 1. The Labute approximate surface area is 120 Å². The van der Waals surface area contributed by atoms with Crippen molar-refractivity contribution in [2.75, 3.05) is 12.4 Å². The first-order chi connectivity index (χ1) is 10.2. The van der Waals surface area contributed by atoms with Crippen LogP contribution in [0.2, 0.25) is 0 Å². The van der Waals surface area contributed by atoms with Crippen LogP contribution in [0.15, 0.2) is 36.5 Å². The quantitative estimate of drug-likeness (QED) is 0.791. The van der Waals surface area contributed by atoms with E-state index in [2.05, 4.69) is 20.4 Å². The van der Waals surface area contributed by atoms with E-state index in [0.29, 0.717) is 17.1 Å². The minimum Gasteiger partial charge on any atom is -0.496 e. The third kappa shape index (κ3) is 2.40. The van der Waals surface area contributed by atoms with Crippen molar-refractivity contribution in [2.24, 2.45) is 0 Å². The highest BCUT2D eigenvalue weighted by Crippen LogP contribution is 2.18. The van der Waals surface area contributed by atoms with E-state index in [1.165, 1.54) is 7.11 Å². The van der Waals surface area contributed by atoms with Gasteiger partial charge in [0.25, 0.3) is 17.6 Å². The molecule has 1 aromatic carbocycles. The van der Waals surface area contributed by atoms with Crippen LogP contribution in [0.1, 0.15) is 16.1 Å². The van der Waals surface area contributed by atoms with Crippen LogP contribution < -0.4 is 10.1 Å². The van der Waals surface area contributed by atoms with Crippen molar-refractivity contribution >= 4 is 17.6 Å². The fraction of sp³-hybridized carbons (Fsp3) is 0.143. The van der Waals surface area contributed by atoms with Gasteiger partial charge in [0.15, 0.2) is 0 Å². The monoisotopic (exact) mass is 283 g/mol. The zero-order chi connectivity index (χ0) is 14.8. The highest BCUT2D eigenvalue weighted by molar-refractivity contribution is 6.05. The normalized spacial score (nSPS) is 10.6. The van der Waals surface area contributed by atoms with Gasteiger partial charge in [0.1, 0.15) is 5.75 Å². The van der Waals surface area contributed by atoms with E-state index >= 15 is 0 Å². The Hall–Kier alpha value is -2.96. The summed E-state index contributed by atoms with van der Waals surface area (Å²) in [6.45, 7) is 1.88. The van der Waals surface area contributed by atoms with Crippen molar-refractivity contribution in [3.8, 4) is 5.75 Å². The number of nitrogens with one attached hydrogen (secondary N) is 1. The molecule has 0 aliphatic rings. The molecular weight excluding hydrogens is 270 g/mol. The molecule has 7 nitrogen and oxygen atoms in total. The number of anilines is 1. The van der Waals surface area contributed by atoms with Crippen molar-refractivity contribution < 1.29 is 9.53 Å². The lowest BCUT2D eigenvalue weighted by Gasteiger charge is -2.06. The number of carbonyl (C=O) groups excluding carboxylic acids is 1. The molecular formula is C14H13N5O2. The third-order valence-corrected chi connectivity index (χ3v) is 3.01. The van der Waals surface area contributed by atoms with Crippen molar-refractivity contribution in [2.45, 2.75) is 6.92 Å². The smallest absolute Gasteiger partial charge is 0.261 e.